The zero-order chi connectivity index (χ0) is 19.4. The number of nitrogens with zero attached hydrogens (tertiary/aromatic N) is 3. The molecular formula is C21H23ClN4O. The number of hydrogen-bond donors (Lipinski definition) is 1. The summed E-state index contributed by atoms with van der Waals surface area (Å²) in [5.74, 6) is -0.0782. The molecule has 0 aliphatic rings. The number of aryl methyl sites for hydroxylation is 1. The summed E-state index contributed by atoms with van der Waals surface area (Å²) in [6.45, 7) is 4.99. The first-order valence-electron chi connectivity index (χ1n) is 8.78. The highest BCUT2D eigenvalue weighted by Crippen LogP contribution is 2.19. The van der Waals surface area contributed by atoms with Gasteiger partial charge < -0.3 is 5.32 Å². The van der Waals surface area contributed by atoms with Crippen molar-refractivity contribution in [2.24, 2.45) is 0 Å². The minimum Gasteiger partial charge on any atom is -0.325 e. The maximum absolute atomic E-state index is 12.3. The summed E-state index contributed by atoms with van der Waals surface area (Å²) in [4.78, 5) is 14.3. The van der Waals surface area contributed by atoms with Gasteiger partial charge in [0, 0.05) is 28.5 Å². The minimum absolute atomic E-state index is 0.0782. The predicted octanol–water partition coefficient (Wildman–Crippen LogP) is 4.21. The summed E-state index contributed by atoms with van der Waals surface area (Å²) in [7, 11) is 1.93. The molecule has 6 heteroatoms. The summed E-state index contributed by atoms with van der Waals surface area (Å²) < 4.78 is 1.95. The monoisotopic (exact) mass is 382 g/mol. The van der Waals surface area contributed by atoms with Gasteiger partial charge in [0.1, 0.15) is 0 Å². The highest BCUT2D eigenvalue weighted by atomic mass is 35.5. The van der Waals surface area contributed by atoms with E-state index in [1.165, 1.54) is 0 Å². The molecule has 0 bridgehead atoms. The molecule has 27 heavy (non-hydrogen) atoms. The Bertz CT molecular complexity index is 937. The van der Waals surface area contributed by atoms with E-state index in [9.17, 15) is 4.79 Å². The number of halogens is 1. The highest BCUT2D eigenvalue weighted by Gasteiger charge is 2.16. The molecule has 3 aromatic rings. The molecule has 0 fully saturated rings. The molecule has 0 spiro atoms. The number of benzene rings is 2. The molecule has 0 aliphatic heterocycles. The molecule has 0 aliphatic carbocycles. The van der Waals surface area contributed by atoms with Gasteiger partial charge in [-0.3, -0.25) is 9.69 Å². The molecule has 1 N–H and O–H groups in total. The number of nitrogens with one attached hydrogen (secondary N) is 1. The molecule has 1 heterocycles. The quantitative estimate of drug-likeness (QED) is 0.694. The van der Waals surface area contributed by atoms with E-state index in [4.69, 9.17) is 11.6 Å². The van der Waals surface area contributed by atoms with E-state index in [1.54, 1.807) is 12.1 Å². The van der Waals surface area contributed by atoms with Gasteiger partial charge in [-0.15, -0.1) is 0 Å². The average Bonchev–Trinajstić information content (AvgIpc) is 2.90. The Labute approximate surface area is 164 Å². The van der Waals surface area contributed by atoms with Gasteiger partial charge in [-0.25, -0.2) is 4.68 Å². The lowest BCUT2D eigenvalue weighted by Crippen LogP contribution is -2.30. The number of carbonyl (C=O) groups is 1. The lowest BCUT2D eigenvalue weighted by Gasteiger charge is -2.17. The van der Waals surface area contributed by atoms with Crippen molar-refractivity contribution in [3.05, 3.63) is 76.6 Å². The fourth-order valence-corrected chi connectivity index (χ4v) is 3.25. The van der Waals surface area contributed by atoms with Crippen LogP contribution in [-0.4, -0.2) is 34.2 Å². The largest absolute Gasteiger partial charge is 0.325 e. The molecule has 0 radical (unpaired) electrons. The fourth-order valence-electron chi connectivity index (χ4n) is 3.06. The lowest BCUT2D eigenvalue weighted by atomic mass is 10.2. The van der Waals surface area contributed by atoms with Crippen LogP contribution in [0.15, 0.2) is 54.6 Å². The van der Waals surface area contributed by atoms with Crippen LogP contribution in [0.3, 0.4) is 0 Å². The molecule has 0 saturated carbocycles. The van der Waals surface area contributed by atoms with Crippen molar-refractivity contribution in [2.45, 2.75) is 20.4 Å². The summed E-state index contributed by atoms with van der Waals surface area (Å²) in [6.07, 6.45) is 0. The van der Waals surface area contributed by atoms with Crippen LogP contribution >= 0.6 is 11.6 Å². The first-order valence-corrected chi connectivity index (χ1v) is 9.16. The first-order chi connectivity index (χ1) is 12.9. The van der Waals surface area contributed by atoms with Crippen LogP contribution in [0.1, 0.15) is 17.0 Å². The molecule has 5 nitrogen and oxygen atoms in total. The van der Waals surface area contributed by atoms with Crippen molar-refractivity contribution in [1.29, 1.82) is 0 Å². The Balaban J connectivity index is 1.66. The number of likely N-dealkylation sites (N-methyl/N-ethyl adjacent to an activating group) is 1. The molecule has 0 atom stereocenters. The third kappa shape index (κ3) is 4.76. The maximum atomic E-state index is 12.3. The number of para-hydroxylation sites is 1. The third-order valence-electron chi connectivity index (χ3n) is 4.39. The molecule has 1 amide bonds. The van der Waals surface area contributed by atoms with Gasteiger partial charge in [0.05, 0.1) is 17.9 Å². The second-order valence-electron chi connectivity index (χ2n) is 6.63. The molecular weight excluding hydrogens is 360 g/mol. The van der Waals surface area contributed by atoms with Crippen LogP contribution in [0.25, 0.3) is 5.69 Å². The third-order valence-corrected chi connectivity index (χ3v) is 4.63. The fraction of sp³-hybridized carbons (Fsp3) is 0.238. The van der Waals surface area contributed by atoms with Gasteiger partial charge >= 0.3 is 0 Å². The van der Waals surface area contributed by atoms with Gasteiger partial charge in [-0.05, 0) is 51.2 Å². The number of rotatable bonds is 6. The number of amides is 1. The molecule has 2 aromatic carbocycles. The van der Waals surface area contributed by atoms with Crippen LogP contribution < -0.4 is 5.32 Å². The van der Waals surface area contributed by atoms with Crippen LogP contribution in [0.4, 0.5) is 5.69 Å². The molecule has 0 unspecified atom stereocenters. The lowest BCUT2D eigenvalue weighted by molar-refractivity contribution is -0.117. The molecule has 0 saturated heterocycles. The van der Waals surface area contributed by atoms with E-state index in [1.807, 2.05) is 66.0 Å². The van der Waals surface area contributed by atoms with Crippen LogP contribution in [0.2, 0.25) is 5.02 Å². The van der Waals surface area contributed by atoms with E-state index in [0.29, 0.717) is 17.3 Å². The Morgan fingerprint density at radius 2 is 1.89 bits per heavy atom. The van der Waals surface area contributed by atoms with E-state index < -0.39 is 0 Å². The predicted molar refractivity (Wildman–Crippen MR) is 109 cm³/mol. The van der Waals surface area contributed by atoms with Gasteiger partial charge in [-0.2, -0.15) is 5.10 Å². The van der Waals surface area contributed by atoms with Crippen molar-refractivity contribution < 1.29 is 4.79 Å². The van der Waals surface area contributed by atoms with Crippen molar-refractivity contribution in [2.75, 3.05) is 18.9 Å². The molecule has 140 valence electrons. The Morgan fingerprint density at radius 1 is 1.15 bits per heavy atom. The van der Waals surface area contributed by atoms with E-state index in [-0.39, 0.29) is 12.5 Å². The van der Waals surface area contributed by atoms with Crippen LogP contribution in [-0.2, 0) is 11.3 Å². The van der Waals surface area contributed by atoms with Gasteiger partial charge in [0.25, 0.3) is 0 Å². The average molecular weight is 383 g/mol. The van der Waals surface area contributed by atoms with Crippen molar-refractivity contribution in [1.82, 2.24) is 14.7 Å². The molecule has 3 rings (SSSR count). The number of aromatic nitrogens is 2. The minimum atomic E-state index is -0.0782. The second kappa shape index (κ2) is 8.37. The van der Waals surface area contributed by atoms with Crippen LogP contribution in [0, 0.1) is 13.8 Å². The second-order valence-corrected chi connectivity index (χ2v) is 7.06. The summed E-state index contributed by atoms with van der Waals surface area (Å²) in [5, 5.41) is 8.14. The van der Waals surface area contributed by atoms with E-state index >= 15 is 0 Å². The van der Waals surface area contributed by atoms with Gasteiger partial charge in [-0.1, -0.05) is 35.9 Å². The van der Waals surface area contributed by atoms with Gasteiger partial charge in [0.2, 0.25) is 5.91 Å². The standard InChI is InChI=1S/C21H23ClN4O/c1-15-20(16(2)26(24-15)19-10-5-4-6-11-19)13-25(3)14-21(27)23-18-9-7-8-17(22)12-18/h4-12H,13-14H2,1-3H3,(H,23,27). The Kier molecular flexibility index (Phi) is 5.94. The normalized spacial score (nSPS) is 11.0. The first kappa shape index (κ1) is 19.1. The molecule has 1 aromatic heterocycles. The topological polar surface area (TPSA) is 50.2 Å². The SMILES string of the molecule is Cc1nn(-c2ccccc2)c(C)c1CN(C)CC(=O)Nc1cccc(Cl)c1. The zero-order valence-corrected chi connectivity index (χ0v) is 16.5. The number of hydrogen-bond acceptors (Lipinski definition) is 3. The summed E-state index contributed by atoms with van der Waals surface area (Å²) in [6, 6.07) is 17.2. The van der Waals surface area contributed by atoms with E-state index in [2.05, 4.69) is 17.3 Å². The van der Waals surface area contributed by atoms with Crippen molar-refractivity contribution in [3.63, 3.8) is 0 Å². The Morgan fingerprint density at radius 3 is 2.59 bits per heavy atom. The smallest absolute Gasteiger partial charge is 0.238 e. The summed E-state index contributed by atoms with van der Waals surface area (Å²) in [5.41, 5.74) is 4.92. The van der Waals surface area contributed by atoms with E-state index in [0.717, 1.165) is 22.6 Å². The maximum Gasteiger partial charge on any atom is 0.238 e. The number of carbonyl (C=O) groups excluding carboxylic acids is 1. The Hall–Kier alpha value is -2.63. The number of anilines is 1. The van der Waals surface area contributed by atoms with Crippen molar-refractivity contribution in [3.8, 4) is 5.69 Å². The van der Waals surface area contributed by atoms with Crippen LogP contribution in [0.5, 0.6) is 0 Å². The highest BCUT2D eigenvalue weighted by molar-refractivity contribution is 6.30. The van der Waals surface area contributed by atoms with Crippen molar-refractivity contribution >= 4 is 23.2 Å². The summed E-state index contributed by atoms with van der Waals surface area (Å²) >= 11 is 5.96. The zero-order valence-electron chi connectivity index (χ0n) is 15.7. The van der Waals surface area contributed by atoms with Gasteiger partial charge in [0.15, 0.2) is 0 Å².